The molecular weight excluding hydrogens is 260 g/mol. The van der Waals surface area contributed by atoms with Crippen LogP contribution in [0, 0.1) is 5.92 Å². The highest BCUT2D eigenvalue weighted by Gasteiger charge is 2.25. The van der Waals surface area contributed by atoms with Crippen LogP contribution in [0.2, 0.25) is 0 Å². The quantitative estimate of drug-likeness (QED) is 0.904. The summed E-state index contributed by atoms with van der Waals surface area (Å²) < 4.78 is 0. The summed E-state index contributed by atoms with van der Waals surface area (Å²) in [6.45, 7) is 2.27. The van der Waals surface area contributed by atoms with Crippen molar-refractivity contribution >= 4 is 5.91 Å². The Morgan fingerprint density at radius 1 is 1.14 bits per heavy atom. The first-order valence-corrected chi connectivity index (χ1v) is 8.35. The lowest BCUT2D eigenvalue weighted by Gasteiger charge is -2.30. The molecule has 0 bridgehead atoms. The molecular formula is C18H26N2O. The fraction of sp³-hybridized carbons (Fsp3) is 0.611. The average Bonchev–Trinajstić information content (AvgIpc) is 3.38. The molecule has 1 heterocycles. The molecule has 3 rings (SSSR count). The van der Waals surface area contributed by atoms with Gasteiger partial charge in [0.25, 0.3) is 0 Å². The molecule has 1 atom stereocenters. The topological polar surface area (TPSA) is 46.3 Å². The molecule has 3 heteroatoms. The average molecular weight is 286 g/mol. The van der Waals surface area contributed by atoms with Gasteiger partial charge in [-0.05, 0) is 55.6 Å². The van der Waals surface area contributed by atoms with Crippen LogP contribution >= 0.6 is 0 Å². The third-order valence-electron chi connectivity index (χ3n) is 4.81. The van der Waals surface area contributed by atoms with E-state index in [0.717, 1.165) is 38.3 Å². The highest BCUT2D eigenvalue weighted by molar-refractivity contribution is 5.79. The van der Waals surface area contributed by atoms with Gasteiger partial charge in [0.2, 0.25) is 5.91 Å². The van der Waals surface area contributed by atoms with Crippen LogP contribution in [0.3, 0.4) is 0 Å². The van der Waals surface area contributed by atoms with Crippen LogP contribution in [-0.2, 0) is 11.2 Å². The standard InChI is InChI=1S/C18H26N2O/c19-13-17(18(21)20-10-2-1-3-11-20)12-14-4-6-15(7-5-14)16-8-9-16/h4-7,16-17H,1-3,8-13,19H2. The molecule has 0 spiro atoms. The highest BCUT2D eigenvalue weighted by atomic mass is 16.2. The Labute approximate surface area is 127 Å². The molecule has 0 aromatic heterocycles. The Bertz CT molecular complexity index is 472. The lowest BCUT2D eigenvalue weighted by molar-refractivity contribution is -0.136. The van der Waals surface area contributed by atoms with E-state index in [1.165, 1.54) is 30.4 Å². The van der Waals surface area contributed by atoms with Gasteiger partial charge in [-0.1, -0.05) is 24.3 Å². The minimum atomic E-state index is -0.0603. The first-order valence-electron chi connectivity index (χ1n) is 8.35. The molecule has 3 nitrogen and oxygen atoms in total. The molecule has 2 fully saturated rings. The van der Waals surface area contributed by atoms with Gasteiger partial charge in [0.15, 0.2) is 0 Å². The molecule has 114 valence electrons. The van der Waals surface area contributed by atoms with E-state index in [4.69, 9.17) is 5.73 Å². The van der Waals surface area contributed by atoms with Crippen LogP contribution in [0.5, 0.6) is 0 Å². The Morgan fingerprint density at radius 2 is 1.81 bits per heavy atom. The monoisotopic (exact) mass is 286 g/mol. The second-order valence-electron chi connectivity index (χ2n) is 6.54. The van der Waals surface area contributed by atoms with Crippen molar-refractivity contribution in [2.45, 2.75) is 44.4 Å². The van der Waals surface area contributed by atoms with Crippen molar-refractivity contribution in [3.63, 3.8) is 0 Å². The van der Waals surface area contributed by atoms with Gasteiger partial charge in [-0.3, -0.25) is 4.79 Å². The number of carbonyl (C=O) groups is 1. The summed E-state index contributed by atoms with van der Waals surface area (Å²) in [5.41, 5.74) is 8.55. The number of amides is 1. The van der Waals surface area contributed by atoms with Gasteiger partial charge in [-0.2, -0.15) is 0 Å². The molecule has 1 saturated carbocycles. The van der Waals surface area contributed by atoms with Crippen molar-refractivity contribution in [1.82, 2.24) is 4.90 Å². The van der Waals surface area contributed by atoms with Gasteiger partial charge in [0.1, 0.15) is 0 Å². The van der Waals surface area contributed by atoms with Crippen molar-refractivity contribution in [2.24, 2.45) is 11.7 Å². The van der Waals surface area contributed by atoms with Crippen molar-refractivity contribution in [1.29, 1.82) is 0 Å². The molecule has 1 aliphatic heterocycles. The predicted molar refractivity (Wildman–Crippen MR) is 85.1 cm³/mol. The minimum absolute atomic E-state index is 0.0603. The zero-order valence-corrected chi connectivity index (χ0v) is 12.8. The maximum Gasteiger partial charge on any atom is 0.227 e. The Morgan fingerprint density at radius 3 is 2.38 bits per heavy atom. The Balaban J connectivity index is 1.61. The fourth-order valence-corrected chi connectivity index (χ4v) is 3.27. The van der Waals surface area contributed by atoms with Crippen LogP contribution in [0.15, 0.2) is 24.3 Å². The number of hydrogen-bond acceptors (Lipinski definition) is 2. The number of nitrogens with two attached hydrogens (primary N) is 1. The van der Waals surface area contributed by atoms with Crippen LogP contribution in [-0.4, -0.2) is 30.4 Å². The van der Waals surface area contributed by atoms with Crippen LogP contribution < -0.4 is 5.73 Å². The van der Waals surface area contributed by atoms with Gasteiger partial charge >= 0.3 is 0 Å². The second kappa shape index (κ2) is 6.61. The van der Waals surface area contributed by atoms with Crippen LogP contribution in [0.25, 0.3) is 0 Å². The smallest absolute Gasteiger partial charge is 0.227 e. The number of nitrogens with zero attached hydrogens (tertiary/aromatic N) is 1. The van der Waals surface area contributed by atoms with Gasteiger partial charge in [0.05, 0.1) is 5.92 Å². The van der Waals surface area contributed by atoms with Gasteiger partial charge in [-0.25, -0.2) is 0 Å². The van der Waals surface area contributed by atoms with E-state index in [1.54, 1.807) is 0 Å². The molecule has 1 amide bonds. The third-order valence-corrected chi connectivity index (χ3v) is 4.81. The largest absolute Gasteiger partial charge is 0.342 e. The number of hydrogen-bond donors (Lipinski definition) is 1. The summed E-state index contributed by atoms with van der Waals surface area (Å²) in [5.74, 6) is 0.984. The molecule has 21 heavy (non-hydrogen) atoms. The maximum atomic E-state index is 12.6. The normalized spacial score (nSPS) is 20.3. The van der Waals surface area contributed by atoms with Gasteiger partial charge < -0.3 is 10.6 Å². The number of carbonyl (C=O) groups excluding carboxylic acids is 1. The first kappa shape index (κ1) is 14.6. The van der Waals surface area contributed by atoms with E-state index in [0.29, 0.717) is 6.54 Å². The summed E-state index contributed by atoms with van der Waals surface area (Å²) in [7, 11) is 0. The molecule has 2 aliphatic rings. The van der Waals surface area contributed by atoms with Crippen molar-refractivity contribution < 1.29 is 4.79 Å². The van der Waals surface area contributed by atoms with Crippen molar-refractivity contribution in [3.05, 3.63) is 35.4 Å². The second-order valence-corrected chi connectivity index (χ2v) is 6.54. The fourth-order valence-electron chi connectivity index (χ4n) is 3.27. The van der Waals surface area contributed by atoms with Crippen molar-refractivity contribution in [3.8, 4) is 0 Å². The zero-order chi connectivity index (χ0) is 14.7. The SMILES string of the molecule is NCC(Cc1ccc(C2CC2)cc1)C(=O)N1CCCCC1. The molecule has 1 saturated heterocycles. The number of piperidine rings is 1. The number of benzene rings is 1. The van der Waals surface area contributed by atoms with Gasteiger partial charge in [0, 0.05) is 19.6 Å². The summed E-state index contributed by atoms with van der Waals surface area (Å²) >= 11 is 0. The molecule has 1 aliphatic carbocycles. The number of likely N-dealkylation sites (tertiary alicyclic amines) is 1. The lowest BCUT2D eigenvalue weighted by Crippen LogP contribution is -2.42. The van der Waals surface area contributed by atoms with Crippen LogP contribution in [0.1, 0.15) is 49.1 Å². The Kier molecular flexibility index (Phi) is 4.59. The first-order chi connectivity index (χ1) is 10.3. The van der Waals surface area contributed by atoms with E-state index >= 15 is 0 Å². The third kappa shape index (κ3) is 3.65. The van der Waals surface area contributed by atoms with E-state index in [2.05, 4.69) is 24.3 Å². The summed E-state index contributed by atoms with van der Waals surface area (Å²) in [5, 5.41) is 0. The molecule has 0 radical (unpaired) electrons. The summed E-state index contributed by atoms with van der Waals surface area (Å²) in [6.07, 6.45) is 6.96. The maximum absolute atomic E-state index is 12.6. The minimum Gasteiger partial charge on any atom is -0.342 e. The molecule has 2 N–H and O–H groups in total. The zero-order valence-electron chi connectivity index (χ0n) is 12.8. The lowest BCUT2D eigenvalue weighted by atomic mass is 9.95. The molecule has 1 unspecified atom stereocenters. The summed E-state index contributed by atoms with van der Waals surface area (Å²) in [6, 6.07) is 8.82. The van der Waals surface area contributed by atoms with Gasteiger partial charge in [-0.15, -0.1) is 0 Å². The van der Waals surface area contributed by atoms with E-state index < -0.39 is 0 Å². The molecule has 1 aromatic carbocycles. The highest BCUT2D eigenvalue weighted by Crippen LogP contribution is 2.39. The van der Waals surface area contributed by atoms with Crippen LogP contribution in [0.4, 0.5) is 0 Å². The van der Waals surface area contributed by atoms with E-state index in [-0.39, 0.29) is 11.8 Å². The van der Waals surface area contributed by atoms with E-state index in [9.17, 15) is 4.79 Å². The van der Waals surface area contributed by atoms with Crippen molar-refractivity contribution in [2.75, 3.05) is 19.6 Å². The Hall–Kier alpha value is -1.35. The summed E-state index contributed by atoms with van der Waals surface area (Å²) in [4.78, 5) is 14.6. The predicted octanol–water partition coefficient (Wildman–Crippen LogP) is 2.69. The van der Waals surface area contributed by atoms with E-state index in [1.807, 2.05) is 4.90 Å². The molecule has 1 aromatic rings. The number of rotatable bonds is 5.